The summed E-state index contributed by atoms with van der Waals surface area (Å²) in [6, 6.07) is 5.72. The van der Waals surface area contributed by atoms with E-state index in [-0.39, 0.29) is 35.4 Å². The molecule has 2 aromatic carbocycles. The Morgan fingerprint density at radius 3 is 2.47 bits per heavy atom. The van der Waals surface area contributed by atoms with Gasteiger partial charge in [0.1, 0.15) is 18.1 Å². The lowest BCUT2D eigenvalue weighted by molar-refractivity contribution is -0.386. The van der Waals surface area contributed by atoms with E-state index in [2.05, 4.69) is 10.1 Å². The predicted molar refractivity (Wildman–Crippen MR) is 111 cm³/mol. The molecular formula is C20H18ClF3N2O8. The highest BCUT2D eigenvalue weighted by Gasteiger charge is 2.31. The van der Waals surface area contributed by atoms with Gasteiger partial charge >= 0.3 is 23.9 Å². The van der Waals surface area contributed by atoms with Crippen LogP contribution in [0.25, 0.3) is 0 Å². The number of nitro benzene ring substituents is 1. The standard InChI is InChI=1S/C20H18ClF3N2O8/c1-11(18(27)32-8-7-25-19(28)31-2)33-17-10-13(4-5-15(17)26(29)30)34-16-6-3-12(9-14(16)21)20(22,23)24/h3-6,9-11H,7-8H2,1-2H3,(H,25,28)/t11-/m1/s1. The van der Waals surface area contributed by atoms with Crippen LogP contribution in [0.2, 0.25) is 5.02 Å². The second kappa shape index (κ2) is 11.4. The Balaban J connectivity index is 2.13. The molecule has 0 aromatic heterocycles. The van der Waals surface area contributed by atoms with Crippen molar-refractivity contribution < 1.29 is 46.6 Å². The maximum Gasteiger partial charge on any atom is 0.416 e. The number of amides is 1. The van der Waals surface area contributed by atoms with Crippen LogP contribution < -0.4 is 14.8 Å². The van der Waals surface area contributed by atoms with E-state index in [4.69, 9.17) is 25.8 Å². The number of benzene rings is 2. The molecule has 0 aliphatic carbocycles. The SMILES string of the molecule is COC(=O)NCCOC(=O)[C@@H](C)Oc1cc(Oc2ccc(C(F)(F)F)cc2Cl)ccc1[N+](=O)[O-]. The van der Waals surface area contributed by atoms with Crippen molar-refractivity contribution in [1.82, 2.24) is 5.32 Å². The lowest BCUT2D eigenvalue weighted by atomic mass is 10.2. The molecule has 0 saturated carbocycles. The molecule has 0 bridgehead atoms. The largest absolute Gasteiger partial charge is 0.472 e. The Kier molecular flexibility index (Phi) is 8.90. The number of nitrogens with one attached hydrogen (secondary N) is 1. The lowest BCUT2D eigenvalue weighted by Gasteiger charge is -2.15. The molecule has 0 aliphatic rings. The molecule has 10 nitrogen and oxygen atoms in total. The van der Waals surface area contributed by atoms with Crippen LogP contribution in [-0.2, 0) is 20.4 Å². The smallest absolute Gasteiger partial charge is 0.416 e. The van der Waals surface area contributed by atoms with Gasteiger partial charge in [0.2, 0.25) is 5.75 Å². The number of ether oxygens (including phenoxy) is 4. The Labute approximate surface area is 195 Å². The van der Waals surface area contributed by atoms with E-state index >= 15 is 0 Å². The number of nitrogens with zero attached hydrogens (tertiary/aromatic N) is 1. The number of alkyl carbamates (subject to hydrolysis) is 1. The Morgan fingerprint density at radius 2 is 1.88 bits per heavy atom. The van der Waals surface area contributed by atoms with Crippen LogP contribution >= 0.6 is 11.6 Å². The fourth-order valence-electron chi connectivity index (χ4n) is 2.42. The maximum atomic E-state index is 12.8. The molecule has 1 amide bonds. The number of halogens is 4. The number of hydrogen-bond donors (Lipinski definition) is 1. The highest BCUT2D eigenvalue weighted by Crippen LogP contribution is 2.38. The molecule has 0 aliphatic heterocycles. The minimum atomic E-state index is -4.60. The summed E-state index contributed by atoms with van der Waals surface area (Å²) in [7, 11) is 1.16. The topological polar surface area (TPSA) is 126 Å². The quantitative estimate of drug-likeness (QED) is 0.224. The van der Waals surface area contributed by atoms with E-state index < -0.39 is 40.5 Å². The van der Waals surface area contributed by atoms with Crippen LogP contribution in [0.4, 0.5) is 23.7 Å². The zero-order valence-electron chi connectivity index (χ0n) is 17.7. The van der Waals surface area contributed by atoms with E-state index in [0.29, 0.717) is 6.07 Å². The van der Waals surface area contributed by atoms with E-state index in [0.717, 1.165) is 31.4 Å². The van der Waals surface area contributed by atoms with Crippen LogP contribution in [0.1, 0.15) is 12.5 Å². The van der Waals surface area contributed by atoms with Gasteiger partial charge in [0, 0.05) is 12.1 Å². The van der Waals surface area contributed by atoms with Gasteiger partial charge in [-0.2, -0.15) is 13.2 Å². The molecular weight excluding hydrogens is 489 g/mol. The molecule has 2 aromatic rings. The zero-order chi connectivity index (χ0) is 25.5. The van der Waals surface area contributed by atoms with Crippen molar-refractivity contribution in [1.29, 1.82) is 0 Å². The second-order valence-electron chi connectivity index (χ2n) is 6.48. The number of carbonyl (C=O) groups excluding carboxylic acids is 2. The number of alkyl halides is 3. The van der Waals surface area contributed by atoms with Gasteiger partial charge in [-0.05, 0) is 31.2 Å². The van der Waals surface area contributed by atoms with Crippen LogP contribution in [0.5, 0.6) is 17.2 Å². The average Bonchev–Trinajstić information content (AvgIpc) is 2.76. The molecule has 0 unspecified atom stereocenters. The highest BCUT2D eigenvalue weighted by atomic mass is 35.5. The molecule has 2 rings (SSSR count). The molecule has 1 N–H and O–H groups in total. The van der Waals surface area contributed by atoms with Gasteiger partial charge < -0.3 is 24.3 Å². The van der Waals surface area contributed by atoms with Crippen LogP contribution in [0, 0.1) is 10.1 Å². The molecule has 14 heteroatoms. The Morgan fingerprint density at radius 1 is 1.18 bits per heavy atom. The summed E-state index contributed by atoms with van der Waals surface area (Å²) in [6.45, 7) is 1.03. The van der Waals surface area contributed by atoms with Gasteiger partial charge in [-0.25, -0.2) is 9.59 Å². The van der Waals surface area contributed by atoms with Gasteiger partial charge in [-0.1, -0.05) is 11.6 Å². The predicted octanol–water partition coefficient (Wildman–Crippen LogP) is 4.73. The van der Waals surface area contributed by atoms with Crippen molar-refractivity contribution in [2.45, 2.75) is 19.2 Å². The van der Waals surface area contributed by atoms with Crippen LogP contribution in [0.3, 0.4) is 0 Å². The Bertz CT molecular complexity index is 1060. The van der Waals surface area contributed by atoms with Gasteiger partial charge in [0.05, 0.1) is 29.2 Å². The second-order valence-corrected chi connectivity index (χ2v) is 6.88. The van der Waals surface area contributed by atoms with Gasteiger partial charge in [-0.3, -0.25) is 10.1 Å². The minimum Gasteiger partial charge on any atom is -0.472 e. The third-order valence-electron chi connectivity index (χ3n) is 4.05. The summed E-state index contributed by atoms with van der Waals surface area (Å²) in [4.78, 5) is 33.6. The maximum absolute atomic E-state index is 12.8. The summed E-state index contributed by atoms with van der Waals surface area (Å²) < 4.78 is 58.4. The Hall–Kier alpha value is -3.74. The number of esters is 1. The molecule has 1 atom stereocenters. The molecule has 0 saturated heterocycles. The molecule has 0 radical (unpaired) electrons. The van der Waals surface area contributed by atoms with Crippen molar-refractivity contribution in [2.24, 2.45) is 0 Å². The normalized spacial score (nSPS) is 11.8. The van der Waals surface area contributed by atoms with E-state index in [1.165, 1.54) is 13.0 Å². The number of methoxy groups -OCH3 is 1. The summed E-state index contributed by atoms with van der Waals surface area (Å²) in [5.41, 5.74) is -1.48. The first kappa shape index (κ1) is 26.5. The molecule has 34 heavy (non-hydrogen) atoms. The van der Waals surface area contributed by atoms with Crippen molar-refractivity contribution in [3.8, 4) is 17.2 Å². The first-order valence-electron chi connectivity index (χ1n) is 9.40. The zero-order valence-corrected chi connectivity index (χ0v) is 18.4. The molecule has 0 heterocycles. The summed E-state index contributed by atoms with van der Waals surface area (Å²) >= 11 is 5.86. The number of hydrogen-bond acceptors (Lipinski definition) is 8. The van der Waals surface area contributed by atoms with Crippen molar-refractivity contribution >= 4 is 29.4 Å². The highest BCUT2D eigenvalue weighted by molar-refractivity contribution is 6.32. The van der Waals surface area contributed by atoms with Crippen molar-refractivity contribution in [3.05, 3.63) is 57.1 Å². The molecule has 0 spiro atoms. The summed E-state index contributed by atoms with van der Waals surface area (Å²) in [5.74, 6) is -1.43. The van der Waals surface area contributed by atoms with Crippen molar-refractivity contribution in [2.75, 3.05) is 20.3 Å². The summed E-state index contributed by atoms with van der Waals surface area (Å²) in [5, 5.41) is 13.3. The molecule has 184 valence electrons. The fourth-order valence-corrected chi connectivity index (χ4v) is 2.64. The first-order valence-corrected chi connectivity index (χ1v) is 9.78. The van der Waals surface area contributed by atoms with E-state index in [1.807, 2.05) is 0 Å². The van der Waals surface area contributed by atoms with Crippen LogP contribution in [0.15, 0.2) is 36.4 Å². The molecule has 0 fully saturated rings. The fraction of sp³-hybridized carbons (Fsp3) is 0.300. The monoisotopic (exact) mass is 506 g/mol. The lowest BCUT2D eigenvalue weighted by Crippen LogP contribution is -2.31. The van der Waals surface area contributed by atoms with Crippen LogP contribution in [-0.4, -0.2) is 43.4 Å². The average molecular weight is 507 g/mol. The first-order chi connectivity index (χ1) is 15.9. The third kappa shape index (κ3) is 7.40. The number of carbonyl (C=O) groups is 2. The summed E-state index contributed by atoms with van der Waals surface area (Å²) in [6.07, 6.45) is -6.61. The third-order valence-corrected chi connectivity index (χ3v) is 4.35. The van der Waals surface area contributed by atoms with Gasteiger partial charge in [0.25, 0.3) is 0 Å². The van der Waals surface area contributed by atoms with Gasteiger partial charge in [0.15, 0.2) is 6.10 Å². The number of nitro groups is 1. The number of rotatable bonds is 9. The van der Waals surface area contributed by atoms with E-state index in [9.17, 15) is 32.9 Å². The van der Waals surface area contributed by atoms with Gasteiger partial charge in [-0.15, -0.1) is 0 Å². The minimum absolute atomic E-state index is 0.0392. The van der Waals surface area contributed by atoms with Crippen molar-refractivity contribution in [3.63, 3.8) is 0 Å². The van der Waals surface area contributed by atoms with E-state index in [1.54, 1.807) is 0 Å².